The van der Waals surface area contributed by atoms with E-state index in [1.54, 1.807) is 10.9 Å². The summed E-state index contributed by atoms with van der Waals surface area (Å²) in [5, 5.41) is 7.55. The lowest BCUT2D eigenvalue weighted by Crippen LogP contribution is -2.57. The molecule has 0 radical (unpaired) electrons. The maximum absolute atomic E-state index is 12.3. The van der Waals surface area contributed by atoms with Gasteiger partial charge in [0.15, 0.2) is 0 Å². The molecule has 5 nitrogen and oxygen atoms in total. The van der Waals surface area contributed by atoms with E-state index in [0.717, 1.165) is 19.4 Å². The Morgan fingerprint density at radius 2 is 2.33 bits per heavy atom. The van der Waals surface area contributed by atoms with Gasteiger partial charge in [0.1, 0.15) is 5.54 Å². The van der Waals surface area contributed by atoms with E-state index >= 15 is 0 Å². The van der Waals surface area contributed by atoms with Crippen molar-refractivity contribution in [3.05, 3.63) is 18.5 Å². The van der Waals surface area contributed by atoms with Gasteiger partial charge < -0.3 is 10.1 Å². The van der Waals surface area contributed by atoms with Crippen LogP contribution in [-0.4, -0.2) is 34.4 Å². The number of ether oxygens (including phenoxy) is 1. The van der Waals surface area contributed by atoms with E-state index in [-0.39, 0.29) is 5.97 Å². The SMILES string of the molecule is CCNC(Cn1cccn1)(C(=O)OCC)C1CC1. The first-order chi connectivity index (χ1) is 8.73. The van der Waals surface area contributed by atoms with E-state index in [9.17, 15) is 4.79 Å². The normalized spacial score (nSPS) is 18.3. The van der Waals surface area contributed by atoms with E-state index in [1.165, 1.54) is 0 Å². The van der Waals surface area contributed by atoms with Crippen LogP contribution in [0.25, 0.3) is 0 Å². The summed E-state index contributed by atoms with van der Waals surface area (Å²) >= 11 is 0. The van der Waals surface area contributed by atoms with Crippen molar-refractivity contribution in [2.24, 2.45) is 5.92 Å². The van der Waals surface area contributed by atoms with Crippen LogP contribution < -0.4 is 5.32 Å². The topological polar surface area (TPSA) is 56.2 Å². The number of nitrogens with zero attached hydrogens (tertiary/aromatic N) is 2. The average molecular weight is 251 g/mol. The second kappa shape index (κ2) is 5.52. The molecule has 0 saturated heterocycles. The fourth-order valence-electron chi connectivity index (χ4n) is 2.43. The molecule has 1 aromatic rings. The first kappa shape index (κ1) is 13.1. The molecular formula is C13H21N3O2. The van der Waals surface area contributed by atoms with Gasteiger partial charge in [-0.05, 0) is 38.3 Å². The zero-order valence-corrected chi connectivity index (χ0v) is 11.1. The van der Waals surface area contributed by atoms with Crippen molar-refractivity contribution in [3.8, 4) is 0 Å². The van der Waals surface area contributed by atoms with Crippen LogP contribution in [0.3, 0.4) is 0 Å². The number of rotatable bonds is 7. The fourth-order valence-corrected chi connectivity index (χ4v) is 2.43. The van der Waals surface area contributed by atoms with Crippen LogP contribution >= 0.6 is 0 Å². The minimum atomic E-state index is -0.614. The number of hydrogen-bond donors (Lipinski definition) is 1. The van der Waals surface area contributed by atoms with E-state index in [1.807, 2.05) is 26.1 Å². The highest BCUT2D eigenvalue weighted by Crippen LogP contribution is 2.41. The summed E-state index contributed by atoms with van der Waals surface area (Å²) in [5.74, 6) is 0.213. The van der Waals surface area contributed by atoms with Crippen molar-refractivity contribution in [1.29, 1.82) is 0 Å². The Kier molecular flexibility index (Phi) is 4.01. The lowest BCUT2D eigenvalue weighted by Gasteiger charge is -2.32. The van der Waals surface area contributed by atoms with Crippen molar-refractivity contribution >= 4 is 5.97 Å². The third-order valence-corrected chi connectivity index (χ3v) is 3.38. The minimum absolute atomic E-state index is 0.148. The van der Waals surface area contributed by atoms with Crippen molar-refractivity contribution < 1.29 is 9.53 Å². The lowest BCUT2D eigenvalue weighted by atomic mass is 9.93. The molecule has 2 rings (SSSR count). The number of hydrogen-bond acceptors (Lipinski definition) is 4. The van der Waals surface area contributed by atoms with Crippen LogP contribution in [0.1, 0.15) is 26.7 Å². The first-order valence-corrected chi connectivity index (χ1v) is 6.62. The molecule has 1 fully saturated rings. The monoisotopic (exact) mass is 251 g/mol. The maximum Gasteiger partial charge on any atom is 0.328 e. The molecule has 0 amide bonds. The third-order valence-electron chi connectivity index (χ3n) is 3.38. The third kappa shape index (κ3) is 2.56. The Bertz CT molecular complexity index is 387. The molecule has 1 aliphatic rings. The molecule has 1 heterocycles. The Morgan fingerprint density at radius 3 is 2.83 bits per heavy atom. The molecule has 0 spiro atoms. The van der Waals surface area contributed by atoms with Gasteiger partial charge in [-0.15, -0.1) is 0 Å². The van der Waals surface area contributed by atoms with E-state index in [4.69, 9.17) is 4.74 Å². The van der Waals surface area contributed by atoms with Gasteiger partial charge in [-0.25, -0.2) is 4.79 Å². The Balaban J connectivity index is 2.21. The van der Waals surface area contributed by atoms with Crippen molar-refractivity contribution in [1.82, 2.24) is 15.1 Å². The summed E-state index contributed by atoms with van der Waals surface area (Å²) in [7, 11) is 0. The van der Waals surface area contributed by atoms with Gasteiger partial charge in [0.2, 0.25) is 0 Å². The minimum Gasteiger partial charge on any atom is -0.465 e. The molecule has 0 bridgehead atoms. The van der Waals surface area contributed by atoms with Gasteiger partial charge in [0.05, 0.1) is 13.2 Å². The van der Waals surface area contributed by atoms with Crippen LogP contribution in [0.2, 0.25) is 0 Å². The standard InChI is InChI=1S/C13H21N3O2/c1-3-14-13(11-6-7-11,12(17)18-4-2)10-16-9-5-8-15-16/h5,8-9,11,14H,3-4,6-7,10H2,1-2H3. The van der Waals surface area contributed by atoms with Crippen molar-refractivity contribution in [2.45, 2.75) is 38.8 Å². The van der Waals surface area contributed by atoms with Crippen molar-refractivity contribution in [3.63, 3.8) is 0 Å². The highest BCUT2D eigenvalue weighted by Gasteiger charge is 2.52. The molecule has 18 heavy (non-hydrogen) atoms. The molecule has 1 aromatic heterocycles. The Hall–Kier alpha value is -1.36. The molecule has 1 atom stereocenters. The van der Waals surface area contributed by atoms with Gasteiger partial charge in [-0.3, -0.25) is 4.68 Å². The number of likely N-dealkylation sites (N-methyl/N-ethyl adjacent to an activating group) is 1. The number of carbonyl (C=O) groups is 1. The highest BCUT2D eigenvalue weighted by atomic mass is 16.5. The fraction of sp³-hybridized carbons (Fsp3) is 0.692. The number of esters is 1. The number of nitrogens with one attached hydrogen (secondary N) is 1. The summed E-state index contributed by atoms with van der Waals surface area (Å²) in [6.07, 6.45) is 5.77. The van der Waals surface area contributed by atoms with Gasteiger partial charge in [0.25, 0.3) is 0 Å². The van der Waals surface area contributed by atoms with E-state index in [2.05, 4.69) is 10.4 Å². The summed E-state index contributed by atoms with van der Waals surface area (Å²) in [4.78, 5) is 12.3. The molecule has 1 aliphatic carbocycles. The summed E-state index contributed by atoms with van der Waals surface area (Å²) < 4.78 is 7.07. The molecule has 0 aliphatic heterocycles. The molecule has 1 saturated carbocycles. The smallest absolute Gasteiger partial charge is 0.328 e. The predicted octanol–water partition coefficient (Wildman–Crippen LogP) is 1.20. The van der Waals surface area contributed by atoms with Crippen LogP contribution in [0.5, 0.6) is 0 Å². The average Bonchev–Trinajstić information content (AvgIpc) is 3.09. The lowest BCUT2D eigenvalue weighted by molar-refractivity contribution is -0.153. The van der Waals surface area contributed by atoms with Crippen molar-refractivity contribution in [2.75, 3.05) is 13.2 Å². The molecule has 100 valence electrons. The van der Waals surface area contributed by atoms with Gasteiger partial charge in [-0.1, -0.05) is 6.92 Å². The largest absolute Gasteiger partial charge is 0.465 e. The zero-order valence-electron chi connectivity index (χ0n) is 11.1. The highest BCUT2D eigenvalue weighted by molar-refractivity contribution is 5.81. The zero-order chi connectivity index (χ0) is 13.0. The number of aromatic nitrogens is 2. The Morgan fingerprint density at radius 1 is 1.56 bits per heavy atom. The van der Waals surface area contributed by atoms with Crippen LogP contribution in [0.15, 0.2) is 18.5 Å². The summed E-state index contributed by atoms with van der Waals surface area (Å²) in [6, 6.07) is 1.87. The van der Waals surface area contributed by atoms with E-state index < -0.39 is 5.54 Å². The molecular weight excluding hydrogens is 230 g/mol. The quantitative estimate of drug-likeness (QED) is 0.740. The summed E-state index contributed by atoms with van der Waals surface area (Å²) in [6.45, 7) is 5.56. The maximum atomic E-state index is 12.3. The second-order valence-corrected chi connectivity index (χ2v) is 4.70. The van der Waals surface area contributed by atoms with E-state index in [0.29, 0.717) is 19.1 Å². The Labute approximate surface area is 108 Å². The van der Waals surface area contributed by atoms with Gasteiger partial charge in [0, 0.05) is 12.4 Å². The molecule has 1 N–H and O–H groups in total. The predicted molar refractivity (Wildman–Crippen MR) is 68.0 cm³/mol. The first-order valence-electron chi connectivity index (χ1n) is 6.62. The number of carbonyl (C=O) groups excluding carboxylic acids is 1. The molecule has 0 aromatic carbocycles. The molecule has 5 heteroatoms. The second-order valence-electron chi connectivity index (χ2n) is 4.70. The van der Waals surface area contributed by atoms with Crippen LogP contribution in [0.4, 0.5) is 0 Å². The van der Waals surface area contributed by atoms with Gasteiger partial charge >= 0.3 is 5.97 Å². The summed E-state index contributed by atoms with van der Waals surface area (Å²) in [5.41, 5.74) is -0.614. The van der Waals surface area contributed by atoms with Crippen LogP contribution in [-0.2, 0) is 16.1 Å². The van der Waals surface area contributed by atoms with Gasteiger partial charge in [-0.2, -0.15) is 5.10 Å². The van der Waals surface area contributed by atoms with Crippen LogP contribution in [0, 0.1) is 5.92 Å². The molecule has 1 unspecified atom stereocenters.